The molecule has 0 aromatic carbocycles. The molecule has 2 heterocycles. The molecule has 0 aliphatic heterocycles. The van der Waals surface area contributed by atoms with Gasteiger partial charge in [0.2, 0.25) is 0 Å². The normalized spacial score (nSPS) is 32.8. The fourth-order valence-electron chi connectivity index (χ4n) is 5.95. The van der Waals surface area contributed by atoms with Crippen molar-refractivity contribution in [2.45, 2.75) is 51.0 Å². The smallest absolute Gasteiger partial charge is 0.255 e. The van der Waals surface area contributed by atoms with Gasteiger partial charge in [-0.1, -0.05) is 0 Å². The summed E-state index contributed by atoms with van der Waals surface area (Å²) in [5.74, 6) is 2.52. The molecule has 0 radical (unpaired) electrons. The first-order valence-electron chi connectivity index (χ1n) is 9.39. The van der Waals surface area contributed by atoms with E-state index in [-0.39, 0.29) is 11.4 Å². The van der Waals surface area contributed by atoms with E-state index in [1.165, 1.54) is 38.5 Å². The predicted octanol–water partition coefficient (Wildman–Crippen LogP) is 3.27. The number of rotatable bonds is 3. The largest absolute Gasteiger partial charge is 0.346 e. The van der Waals surface area contributed by atoms with Crippen LogP contribution in [0.25, 0.3) is 5.69 Å². The monoisotopic (exact) mass is 336 g/mol. The maximum Gasteiger partial charge on any atom is 0.255 e. The van der Waals surface area contributed by atoms with E-state index in [0.29, 0.717) is 5.56 Å². The minimum atomic E-state index is 0.0387. The van der Waals surface area contributed by atoms with Crippen molar-refractivity contribution in [3.05, 3.63) is 42.0 Å². The van der Waals surface area contributed by atoms with Gasteiger partial charge in [-0.15, -0.1) is 0 Å². The Morgan fingerprint density at radius 3 is 2.32 bits per heavy atom. The van der Waals surface area contributed by atoms with Gasteiger partial charge in [0, 0.05) is 17.9 Å². The first-order chi connectivity index (χ1) is 12.1. The van der Waals surface area contributed by atoms with Crippen LogP contribution in [-0.2, 0) is 0 Å². The summed E-state index contributed by atoms with van der Waals surface area (Å²) in [6, 6.07) is 3.81. The molecule has 5 nitrogen and oxygen atoms in total. The highest BCUT2D eigenvalue weighted by Gasteiger charge is 2.51. The predicted molar refractivity (Wildman–Crippen MR) is 94.5 cm³/mol. The summed E-state index contributed by atoms with van der Waals surface area (Å²) in [5, 5.41) is 7.87. The van der Waals surface area contributed by atoms with Crippen LogP contribution in [0.4, 0.5) is 0 Å². The Balaban J connectivity index is 1.40. The van der Waals surface area contributed by atoms with E-state index in [1.54, 1.807) is 18.6 Å². The fourth-order valence-corrected chi connectivity index (χ4v) is 5.95. The number of aromatic nitrogens is 3. The van der Waals surface area contributed by atoms with Gasteiger partial charge < -0.3 is 5.32 Å². The lowest BCUT2D eigenvalue weighted by Gasteiger charge is -2.56. The number of amides is 1. The summed E-state index contributed by atoms with van der Waals surface area (Å²) < 4.78 is 1.82. The Hall–Kier alpha value is -2.17. The maximum atomic E-state index is 13.0. The van der Waals surface area contributed by atoms with Crippen LogP contribution < -0.4 is 5.32 Å². The highest BCUT2D eigenvalue weighted by atomic mass is 16.1. The topological polar surface area (TPSA) is 59.8 Å². The van der Waals surface area contributed by atoms with E-state index in [4.69, 9.17) is 0 Å². The zero-order valence-corrected chi connectivity index (χ0v) is 14.6. The Bertz CT molecular complexity index is 775. The van der Waals surface area contributed by atoms with Gasteiger partial charge in [0.1, 0.15) is 0 Å². The van der Waals surface area contributed by atoms with Gasteiger partial charge in [-0.05, 0) is 75.3 Å². The van der Waals surface area contributed by atoms with Crippen LogP contribution in [0.5, 0.6) is 0 Å². The van der Waals surface area contributed by atoms with Crippen LogP contribution >= 0.6 is 0 Å². The zero-order chi connectivity index (χ0) is 17.0. The van der Waals surface area contributed by atoms with Crippen molar-refractivity contribution in [1.82, 2.24) is 20.1 Å². The third-order valence-electron chi connectivity index (χ3n) is 6.58. The SMILES string of the molecule is Cc1c(C(=O)NC23CC4CC(CC(C4)C2)C3)cnn1-c1ccncc1. The number of hydrogen-bond acceptors (Lipinski definition) is 3. The van der Waals surface area contributed by atoms with Gasteiger partial charge in [-0.3, -0.25) is 9.78 Å². The molecule has 130 valence electrons. The molecule has 4 saturated carbocycles. The Morgan fingerprint density at radius 1 is 1.12 bits per heavy atom. The van der Waals surface area contributed by atoms with E-state index in [2.05, 4.69) is 15.4 Å². The molecule has 6 rings (SSSR count). The molecule has 1 N–H and O–H groups in total. The molecule has 4 aliphatic rings. The first-order valence-corrected chi connectivity index (χ1v) is 9.39. The lowest BCUT2D eigenvalue weighted by molar-refractivity contribution is -0.0167. The molecule has 25 heavy (non-hydrogen) atoms. The van der Waals surface area contributed by atoms with Gasteiger partial charge in [0.25, 0.3) is 5.91 Å². The van der Waals surface area contributed by atoms with Crippen molar-refractivity contribution < 1.29 is 4.79 Å². The second-order valence-corrected chi connectivity index (χ2v) is 8.41. The van der Waals surface area contributed by atoms with Gasteiger partial charge in [-0.25, -0.2) is 4.68 Å². The summed E-state index contributed by atoms with van der Waals surface area (Å²) in [7, 11) is 0. The van der Waals surface area contributed by atoms with Crippen molar-refractivity contribution in [3.8, 4) is 5.69 Å². The van der Waals surface area contributed by atoms with Crippen LogP contribution in [0.1, 0.15) is 54.6 Å². The highest BCUT2D eigenvalue weighted by molar-refractivity contribution is 5.95. The summed E-state index contributed by atoms with van der Waals surface area (Å²) in [4.78, 5) is 17.1. The molecule has 0 spiro atoms. The van der Waals surface area contributed by atoms with Gasteiger partial charge in [0.15, 0.2) is 0 Å². The Morgan fingerprint density at radius 2 is 1.72 bits per heavy atom. The second kappa shape index (κ2) is 5.41. The van der Waals surface area contributed by atoms with Crippen molar-refractivity contribution in [1.29, 1.82) is 0 Å². The van der Waals surface area contributed by atoms with Gasteiger partial charge in [-0.2, -0.15) is 5.10 Å². The molecule has 0 saturated heterocycles. The first kappa shape index (κ1) is 15.1. The number of carbonyl (C=O) groups is 1. The van der Waals surface area contributed by atoms with Crippen molar-refractivity contribution in [3.63, 3.8) is 0 Å². The third kappa shape index (κ3) is 2.48. The summed E-state index contributed by atoms with van der Waals surface area (Å²) in [6.45, 7) is 1.96. The van der Waals surface area contributed by atoms with Crippen LogP contribution in [0.15, 0.2) is 30.7 Å². The maximum absolute atomic E-state index is 13.0. The van der Waals surface area contributed by atoms with E-state index < -0.39 is 0 Å². The van der Waals surface area contributed by atoms with E-state index >= 15 is 0 Å². The average Bonchev–Trinajstić information content (AvgIpc) is 2.95. The lowest BCUT2D eigenvalue weighted by Crippen LogP contribution is -2.59. The van der Waals surface area contributed by atoms with Gasteiger partial charge >= 0.3 is 0 Å². The van der Waals surface area contributed by atoms with Gasteiger partial charge in [0.05, 0.1) is 23.1 Å². The second-order valence-electron chi connectivity index (χ2n) is 8.41. The Kier molecular flexibility index (Phi) is 3.27. The van der Waals surface area contributed by atoms with Crippen LogP contribution in [0.2, 0.25) is 0 Å². The number of carbonyl (C=O) groups excluding carboxylic acids is 1. The molecular formula is C20H24N4O. The lowest BCUT2D eigenvalue weighted by atomic mass is 9.53. The zero-order valence-electron chi connectivity index (χ0n) is 14.6. The van der Waals surface area contributed by atoms with Crippen molar-refractivity contribution in [2.24, 2.45) is 17.8 Å². The Labute approximate surface area is 147 Å². The standard InChI is InChI=1S/C20H24N4O/c1-13-18(12-22-24(13)17-2-4-21-5-3-17)19(25)23-20-9-14-6-15(10-20)8-16(7-14)11-20/h2-5,12,14-16H,6-11H2,1H3,(H,23,25). The van der Waals surface area contributed by atoms with E-state index in [1.807, 2.05) is 23.7 Å². The quantitative estimate of drug-likeness (QED) is 0.936. The average molecular weight is 336 g/mol. The minimum absolute atomic E-state index is 0.0387. The molecule has 0 unspecified atom stereocenters. The highest BCUT2D eigenvalue weighted by Crippen LogP contribution is 2.55. The number of nitrogens with zero attached hydrogens (tertiary/aromatic N) is 3. The number of hydrogen-bond donors (Lipinski definition) is 1. The molecule has 1 amide bonds. The molecule has 2 aromatic heterocycles. The van der Waals surface area contributed by atoms with Crippen molar-refractivity contribution >= 4 is 5.91 Å². The molecule has 2 aromatic rings. The van der Waals surface area contributed by atoms with Crippen LogP contribution in [0, 0.1) is 24.7 Å². The van der Waals surface area contributed by atoms with Crippen LogP contribution in [0.3, 0.4) is 0 Å². The minimum Gasteiger partial charge on any atom is -0.346 e. The fraction of sp³-hybridized carbons (Fsp3) is 0.550. The molecular weight excluding hydrogens is 312 g/mol. The summed E-state index contributed by atoms with van der Waals surface area (Å²) >= 11 is 0. The molecule has 0 atom stereocenters. The molecule has 5 heteroatoms. The summed E-state index contributed by atoms with van der Waals surface area (Å²) in [5.41, 5.74) is 2.54. The van der Waals surface area contributed by atoms with Crippen LogP contribution in [-0.4, -0.2) is 26.2 Å². The molecule has 4 fully saturated rings. The van der Waals surface area contributed by atoms with Crippen molar-refractivity contribution in [2.75, 3.05) is 0 Å². The third-order valence-corrected chi connectivity index (χ3v) is 6.58. The summed E-state index contributed by atoms with van der Waals surface area (Å²) in [6.07, 6.45) is 12.8. The van der Waals surface area contributed by atoms with E-state index in [9.17, 15) is 4.79 Å². The number of nitrogens with one attached hydrogen (secondary N) is 1. The number of pyridine rings is 1. The molecule has 4 bridgehead atoms. The molecule has 4 aliphatic carbocycles. The van der Waals surface area contributed by atoms with E-state index in [0.717, 1.165) is 29.1 Å².